The third kappa shape index (κ3) is 3.99. The number of nitrogens with zero attached hydrogens (tertiary/aromatic N) is 2. The standard InChI is InChI=1S/C21H22FN3O3/c22-16-7-5-15(6-8-16)20(26)23-17-9-11-24(12-10-17)13-14-25-18-3-1-2-4-19(18)28-21(25)27/h1-8,17H,9-14H2,(H,23,26). The smallest absolute Gasteiger partial charge is 0.408 e. The first kappa shape index (κ1) is 18.4. The molecule has 6 nitrogen and oxygen atoms in total. The second kappa shape index (κ2) is 7.98. The van der Waals surface area contributed by atoms with Gasteiger partial charge in [-0.1, -0.05) is 12.1 Å². The zero-order valence-electron chi connectivity index (χ0n) is 15.4. The van der Waals surface area contributed by atoms with Crippen LogP contribution < -0.4 is 11.1 Å². The summed E-state index contributed by atoms with van der Waals surface area (Å²) in [7, 11) is 0. The van der Waals surface area contributed by atoms with Crippen molar-refractivity contribution in [2.45, 2.75) is 25.4 Å². The zero-order valence-corrected chi connectivity index (χ0v) is 15.4. The molecule has 1 aliphatic rings. The maximum Gasteiger partial charge on any atom is 0.419 e. The van der Waals surface area contributed by atoms with E-state index in [4.69, 9.17) is 4.42 Å². The van der Waals surface area contributed by atoms with E-state index in [9.17, 15) is 14.0 Å². The molecule has 2 heterocycles. The van der Waals surface area contributed by atoms with Gasteiger partial charge in [-0.15, -0.1) is 0 Å². The molecule has 28 heavy (non-hydrogen) atoms. The first-order valence-corrected chi connectivity index (χ1v) is 9.47. The van der Waals surface area contributed by atoms with Crippen molar-refractivity contribution in [1.82, 2.24) is 14.8 Å². The van der Waals surface area contributed by atoms with Gasteiger partial charge in [0.15, 0.2) is 5.58 Å². The van der Waals surface area contributed by atoms with Gasteiger partial charge < -0.3 is 14.6 Å². The maximum atomic E-state index is 13.0. The summed E-state index contributed by atoms with van der Waals surface area (Å²) in [6.07, 6.45) is 1.68. The Morgan fingerprint density at radius 2 is 1.79 bits per heavy atom. The van der Waals surface area contributed by atoms with Gasteiger partial charge in [-0.05, 0) is 49.2 Å². The number of likely N-dealkylation sites (tertiary alicyclic amines) is 1. The molecule has 0 aliphatic carbocycles. The van der Waals surface area contributed by atoms with Crippen molar-refractivity contribution in [1.29, 1.82) is 0 Å². The predicted octanol–water partition coefficient (Wildman–Crippen LogP) is 2.63. The fourth-order valence-electron chi connectivity index (χ4n) is 3.64. The summed E-state index contributed by atoms with van der Waals surface area (Å²) in [6.45, 7) is 3.02. The first-order valence-electron chi connectivity index (χ1n) is 9.47. The van der Waals surface area contributed by atoms with E-state index in [0.29, 0.717) is 17.7 Å². The van der Waals surface area contributed by atoms with E-state index >= 15 is 0 Å². The average molecular weight is 383 g/mol. The van der Waals surface area contributed by atoms with E-state index in [-0.39, 0.29) is 23.5 Å². The van der Waals surface area contributed by atoms with Crippen LogP contribution in [0.2, 0.25) is 0 Å². The van der Waals surface area contributed by atoms with Crippen LogP contribution in [-0.4, -0.2) is 41.1 Å². The average Bonchev–Trinajstić information content (AvgIpc) is 3.03. The van der Waals surface area contributed by atoms with Gasteiger partial charge in [0.2, 0.25) is 0 Å². The highest BCUT2D eigenvalue weighted by Crippen LogP contribution is 2.14. The number of carbonyl (C=O) groups excluding carboxylic acids is 1. The molecule has 1 fully saturated rings. The molecule has 2 aromatic carbocycles. The molecule has 1 aliphatic heterocycles. The van der Waals surface area contributed by atoms with Crippen molar-refractivity contribution >= 4 is 17.0 Å². The summed E-state index contributed by atoms with van der Waals surface area (Å²) in [5, 5.41) is 3.02. The fraction of sp³-hybridized carbons (Fsp3) is 0.333. The quantitative estimate of drug-likeness (QED) is 0.736. The number of rotatable bonds is 5. The number of amides is 1. The van der Waals surface area contributed by atoms with Crippen LogP contribution in [0.5, 0.6) is 0 Å². The van der Waals surface area contributed by atoms with Crippen molar-refractivity contribution in [3.05, 3.63) is 70.5 Å². The summed E-state index contributed by atoms with van der Waals surface area (Å²) < 4.78 is 19.9. The van der Waals surface area contributed by atoms with Crippen LogP contribution >= 0.6 is 0 Å². The highest BCUT2D eigenvalue weighted by Gasteiger charge is 2.21. The lowest BCUT2D eigenvalue weighted by Crippen LogP contribution is -2.45. The molecule has 0 atom stereocenters. The molecule has 1 saturated heterocycles. The van der Waals surface area contributed by atoms with Crippen LogP contribution in [0.15, 0.2) is 57.7 Å². The monoisotopic (exact) mass is 383 g/mol. The maximum absolute atomic E-state index is 13.0. The van der Waals surface area contributed by atoms with Crippen LogP contribution in [0.4, 0.5) is 4.39 Å². The molecule has 0 unspecified atom stereocenters. The van der Waals surface area contributed by atoms with Gasteiger partial charge in [-0.2, -0.15) is 0 Å². The van der Waals surface area contributed by atoms with Gasteiger partial charge in [0.25, 0.3) is 5.91 Å². The van der Waals surface area contributed by atoms with Crippen LogP contribution in [0.3, 0.4) is 0 Å². The van der Waals surface area contributed by atoms with E-state index in [1.165, 1.54) is 24.3 Å². The Morgan fingerprint density at radius 1 is 1.07 bits per heavy atom. The molecule has 0 saturated carbocycles. The molecular weight excluding hydrogens is 361 g/mol. The first-order chi connectivity index (χ1) is 13.6. The third-order valence-corrected chi connectivity index (χ3v) is 5.24. The molecule has 1 N–H and O–H groups in total. The molecule has 7 heteroatoms. The Hall–Kier alpha value is -2.93. The van der Waals surface area contributed by atoms with Crippen molar-refractivity contribution in [3.63, 3.8) is 0 Å². The molecular formula is C21H22FN3O3. The van der Waals surface area contributed by atoms with Gasteiger partial charge in [0.1, 0.15) is 5.82 Å². The third-order valence-electron chi connectivity index (χ3n) is 5.24. The predicted molar refractivity (Wildman–Crippen MR) is 104 cm³/mol. The lowest BCUT2D eigenvalue weighted by Gasteiger charge is -2.32. The number of carbonyl (C=O) groups is 1. The Morgan fingerprint density at radius 3 is 2.54 bits per heavy atom. The number of benzene rings is 2. The number of aromatic nitrogens is 1. The van der Waals surface area contributed by atoms with Gasteiger partial charge >= 0.3 is 5.76 Å². The summed E-state index contributed by atoms with van der Waals surface area (Å²) in [6, 6.07) is 13.1. The van der Waals surface area contributed by atoms with Crippen LogP contribution in [0.1, 0.15) is 23.2 Å². The van der Waals surface area contributed by atoms with Gasteiger partial charge in [0.05, 0.1) is 5.52 Å². The topological polar surface area (TPSA) is 67.5 Å². The van der Waals surface area contributed by atoms with Crippen LogP contribution in [0.25, 0.3) is 11.1 Å². The number of fused-ring (bicyclic) bond motifs is 1. The SMILES string of the molecule is O=C(NC1CCN(CCn2c(=O)oc3ccccc32)CC1)c1ccc(F)cc1. The van der Waals surface area contributed by atoms with Crippen molar-refractivity contribution in [2.75, 3.05) is 19.6 Å². The van der Waals surface area contributed by atoms with E-state index in [1.54, 1.807) is 10.6 Å². The molecule has 0 spiro atoms. The summed E-state index contributed by atoms with van der Waals surface area (Å²) in [5.74, 6) is -0.855. The summed E-state index contributed by atoms with van der Waals surface area (Å²) >= 11 is 0. The van der Waals surface area contributed by atoms with Crippen LogP contribution in [0, 0.1) is 5.82 Å². The van der Waals surface area contributed by atoms with E-state index < -0.39 is 0 Å². The fourth-order valence-corrected chi connectivity index (χ4v) is 3.64. The zero-order chi connectivity index (χ0) is 19.5. The molecule has 0 radical (unpaired) electrons. The summed E-state index contributed by atoms with van der Waals surface area (Å²) in [4.78, 5) is 26.6. The number of hydrogen-bond acceptors (Lipinski definition) is 4. The molecule has 3 aromatic rings. The Kier molecular flexibility index (Phi) is 5.25. The van der Waals surface area contributed by atoms with Crippen molar-refractivity contribution in [3.8, 4) is 0 Å². The number of oxazole rings is 1. The minimum absolute atomic E-state index is 0.103. The van der Waals surface area contributed by atoms with E-state index in [0.717, 1.165) is 38.0 Å². The Balaban J connectivity index is 1.28. The number of hydrogen-bond donors (Lipinski definition) is 1. The second-order valence-electron chi connectivity index (χ2n) is 7.08. The number of para-hydroxylation sites is 2. The van der Waals surface area contributed by atoms with Gasteiger partial charge in [0, 0.05) is 37.8 Å². The van der Waals surface area contributed by atoms with Crippen LogP contribution in [-0.2, 0) is 6.54 Å². The van der Waals surface area contributed by atoms with E-state index in [2.05, 4.69) is 10.2 Å². The lowest BCUT2D eigenvalue weighted by molar-refractivity contribution is 0.0910. The molecule has 0 bridgehead atoms. The number of halogens is 1. The molecule has 4 rings (SSSR count). The molecule has 1 amide bonds. The lowest BCUT2D eigenvalue weighted by atomic mass is 10.0. The van der Waals surface area contributed by atoms with Crippen molar-refractivity contribution in [2.24, 2.45) is 0 Å². The van der Waals surface area contributed by atoms with E-state index in [1.807, 2.05) is 18.2 Å². The molecule has 1 aromatic heterocycles. The minimum atomic E-state index is -0.352. The largest absolute Gasteiger partial charge is 0.419 e. The Labute approximate surface area is 161 Å². The van der Waals surface area contributed by atoms with Crippen molar-refractivity contribution < 1.29 is 13.6 Å². The van der Waals surface area contributed by atoms with Gasteiger partial charge in [-0.25, -0.2) is 9.18 Å². The minimum Gasteiger partial charge on any atom is -0.408 e. The normalized spacial score (nSPS) is 15.8. The van der Waals surface area contributed by atoms with Gasteiger partial charge in [-0.3, -0.25) is 9.36 Å². The number of nitrogens with one attached hydrogen (secondary N) is 1. The Bertz CT molecular complexity index is 1020. The second-order valence-corrected chi connectivity index (χ2v) is 7.08. The highest BCUT2D eigenvalue weighted by molar-refractivity contribution is 5.94. The summed E-state index contributed by atoms with van der Waals surface area (Å²) in [5.41, 5.74) is 1.89. The molecule has 146 valence electrons. The highest BCUT2D eigenvalue weighted by atomic mass is 19.1. The number of piperidine rings is 1.